The van der Waals surface area contributed by atoms with Gasteiger partial charge >= 0.3 is 0 Å². The van der Waals surface area contributed by atoms with Crippen LogP contribution in [-0.2, 0) is 9.53 Å². The summed E-state index contributed by atoms with van der Waals surface area (Å²) in [5.41, 5.74) is 0.989. The zero-order chi connectivity index (χ0) is 12.2. The second kappa shape index (κ2) is 5.13. The third kappa shape index (κ3) is 3.07. The fourth-order valence-corrected chi connectivity index (χ4v) is 1.91. The van der Waals surface area contributed by atoms with Crippen molar-refractivity contribution in [1.82, 2.24) is 5.32 Å². The molecule has 0 saturated heterocycles. The number of carbonyl (C=O) groups excluding carboxylic acids is 1. The van der Waals surface area contributed by atoms with Crippen LogP contribution in [-0.4, -0.2) is 26.0 Å². The zero-order valence-electron chi connectivity index (χ0n) is 10.1. The molecule has 16 heavy (non-hydrogen) atoms. The Kier molecular flexibility index (Phi) is 4.08. The van der Waals surface area contributed by atoms with Gasteiger partial charge in [-0.05, 0) is 11.8 Å². The average Bonchev–Trinajstić information content (AvgIpc) is 2.16. The Morgan fingerprint density at radius 2 is 2.19 bits per heavy atom. The van der Waals surface area contributed by atoms with Crippen LogP contribution in [0.15, 0.2) is 11.3 Å². The van der Waals surface area contributed by atoms with E-state index in [-0.39, 0.29) is 16.8 Å². The van der Waals surface area contributed by atoms with Crippen molar-refractivity contribution in [2.24, 2.45) is 5.41 Å². The normalized spacial score (nSPS) is 19.5. The molecule has 0 spiro atoms. The Bertz CT molecular complexity index is 351. The fraction of sp³-hybridized carbons (Fsp3) is 0.667. The first-order valence-electron chi connectivity index (χ1n) is 5.39. The van der Waals surface area contributed by atoms with Crippen molar-refractivity contribution < 1.29 is 9.53 Å². The molecule has 0 bridgehead atoms. The van der Waals surface area contributed by atoms with Gasteiger partial charge in [0.05, 0.1) is 6.61 Å². The topological polar surface area (TPSA) is 62.1 Å². The molecular formula is C12H18N2O2. The van der Waals surface area contributed by atoms with Crippen LogP contribution in [0.3, 0.4) is 0 Å². The van der Waals surface area contributed by atoms with E-state index in [0.29, 0.717) is 19.6 Å². The molecule has 0 heterocycles. The predicted molar refractivity (Wildman–Crippen MR) is 60.5 cm³/mol. The highest BCUT2D eigenvalue weighted by Crippen LogP contribution is 2.35. The van der Waals surface area contributed by atoms with Crippen LogP contribution in [0.4, 0.5) is 0 Å². The molecule has 88 valence electrons. The van der Waals surface area contributed by atoms with Crippen LogP contribution in [0.5, 0.6) is 0 Å². The molecule has 1 aliphatic rings. The van der Waals surface area contributed by atoms with E-state index in [9.17, 15) is 4.79 Å². The Balaban J connectivity index is 2.82. The van der Waals surface area contributed by atoms with Gasteiger partial charge < -0.3 is 10.1 Å². The Morgan fingerprint density at radius 1 is 1.50 bits per heavy atom. The summed E-state index contributed by atoms with van der Waals surface area (Å²) in [6.45, 7) is 5.27. The number of allylic oxidation sites excluding steroid dienone is 2. The predicted octanol–water partition coefficient (Wildman–Crippen LogP) is 1.39. The van der Waals surface area contributed by atoms with Crippen molar-refractivity contribution >= 4 is 5.78 Å². The summed E-state index contributed by atoms with van der Waals surface area (Å²) in [6, 6.07) is 2.00. The van der Waals surface area contributed by atoms with Crippen molar-refractivity contribution in [2.75, 3.05) is 20.3 Å². The quantitative estimate of drug-likeness (QED) is 0.730. The van der Waals surface area contributed by atoms with Crippen molar-refractivity contribution in [3.8, 4) is 6.07 Å². The number of ketones is 1. The number of methoxy groups -OCH3 is 1. The molecule has 0 aromatic heterocycles. The van der Waals surface area contributed by atoms with Gasteiger partial charge in [-0.3, -0.25) is 4.79 Å². The number of Topliss-reactive ketones (excluding diaryl/α,β-unsaturated/α-hetero) is 1. The third-order valence-electron chi connectivity index (χ3n) is 2.63. The van der Waals surface area contributed by atoms with Gasteiger partial charge in [-0.1, -0.05) is 13.8 Å². The van der Waals surface area contributed by atoms with Gasteiger partial charge in [0.2, 0.25) is 0 Å². The lowest BCUT2D eigenvalue weighted by atomic mass is 9.76. The highest BCUT2D eigenvalue weighted by atomic mass is 16.5. The van der Waals surface area contributed by atoms with Gasteiger partial charge in [0, 0.05) is 25.8 Å². The lowest BCUT2D eigenvalue weighted by molar-refractivity contribution is -0.117. The first-order chi connectivity index (χ1) is 7.50. The molecule has 0 atom stereocenters. The van der Waals surface area contributed by atoms with Crippen molar-refractivity contribution in [3.63, 3.8) is 0 Å². The summed E-state index contributed by atoms with van der Waals surface area (Å²) in [4.78, 5) is 11.7. The molecule has 0 aliphatic heterocycles. The third-order valence-corrected chi connectivity index (χ3v) is 2.63. The maximum atomic E-state index is 11.7. The summed E-state index contributed by atoms with van der Waals surface area (Å²) in [6.07, 6.45) is 1.19. The van der Waals surface area contributed by atoms with E-state index in [1.165, 1.54) is 0 Å². The Hall–Kier alpha value is -1.34. The van der Waals surface area contributed by atoms with E-state index >= 15 is 0 Å². The molecule has 0 amide bonds. The minimum absolute atomic E-state index is 0.0568. The number of hydrogen-bond acceptors (Lipinski definition) is 4. The summed E-state index contributed by atoms with van der Waals surface area (Å²) in [7, 11) is 1.62. The highest BCUT2D eigenvalue weighted by Gasteiger charge is 2.32. The number of ether oxygens (including phenoxy) is 1. The molecule has 4 nitrogen and oxygen atoms in total. The summed E-state index contributed by atoms with van der Waals surface area (Å²) < 4.78 is 4.93. The molecule has 0 aromatic rings. The van der Waals surface area contributed by atoms with Crippen molar-refractivity contribution in [3.05, 3.63) is 11.3 Å². The smallest absolute Gasteiger partial charge is 0.175 e. The monoisotopic (exact) mass is 222 g/mol. The Labute approximate surface area is 96.3 Å². The molecule has 0 radical (unpaired) electrons. The number of nitrogens with one attached hydrogen (secondary N) is 1. The summed E-state index contributed by atoms with van der Waals surface area (Å²) >= 11 is 0. The maximum absolute atomic E-state index is 11.7. The first-order valence-corrected chi connectivity index (χ1v) is 5.39. The van der Waals surface area contributed by atoms with Crippen LogP contribution >= 0.6 is 0 Å². The standard InChI is InChI=1S/C12H18N2O2/c1-12(2)6-10(14-4-5-16-3)9(8-13)11(15)7-12/h14H,4-7H2,1-3H3. The number of nitriles is 1. The molecule has 0 aromatic carbocycles. The van der Waals surface area contributed by atoms with Crippen LogP contribution in [0.25, 0.3) is 0 Å². The fourth-order valence-electron chi connectivity index (χ4n) is 1.91. The molecule has 4 heteroatoms. The van der Waals surface area contributed by atoms with Gasteiger partial charge in [-0.15, -0.1) is 0 Å². The van der Waals surface area contributed by atoms with Gasteiger partial charge in [-0.2, -0.15) is 5.26 Å². The van der Waals surface area contributed by atoms with Crippen LogP contribution in [0, 0.1) is 16.7 Å². The molecule has 0 unspecified atom stereocenters. The molecule has 1 aliphatic carbocycles. The lowest BCUT2D eigenvalue weighted by Crippen LogP contribution is -2.32. The van der Waals surface area contributed by atoms with E-state index in [2.05, 4.69) is 5.32 Å². The largest absolute Gasteiger partial charge is 0.385 e. The van der Waals surface area contributed by atoms with E-state index in [1.54, 1.807) is 7.11 Å². The molecular weight excluding hydrogens is 204 g/mol. The zero-order valence-corrected chi connectivity index (χ0v) is 10.1. The SMILES string of the molecule is COCCNC1=C(C#N)C(=O)CC(C)(C)C1. The summed E-state index contributed by atoms with van der Waals surface area (Å²) in [5.74, 6) is -0.0568. The van der Waals surface area contributed by atoms with Crippen LogP contribution in [0.1, 0.15) is 26.7 Å². The Morgan fingerprint density at radius 3 is 2.75 bits per heavy atom. The number of nitrogens with zero attached hydrogens (tertiary/aromatic N) is 1. The second-order valence-corrected chi connectivity index (χ2v) is 4.83. The average molecular weight is 222 g/mol. The molecule has 1 N–H and O–H groups in total. The number of rotatable bonds is 4. The summed E-state index contributed by atoms with van der Waals surface area (Å²) in [5, 5.41) is 12.1. The first kappa shape index (κ1) is 12.7. The van der Waals surface area contributed by atoms with E-state index < -0.39 is 0 Å². The molecule has 0 fully saturated rings. The van der Waals surface area contributed by atoms with Gasteiger partial charge in [-0.25, -0.2) is 0 Å². The van der Waals surface area contributed by atoms with Crippen LogP contribution < -0.4 is 5.32 Å². The van der Waals surface area contributed by atoms with Gasteiger partial charge in [0.25, 0.3) is 0 Å². The lowest BCUT2D eigenvalue weighted by Gasteiger charge is -2.30. The van der Waals surface area contributed by atoms with Crippen molar-refractivity contribution in [1.29, 1.82) is 5.26 Å². The van der Waals surface area contributed by atoms with E-state index in [4.69, 9.17) is 10.00 Å². The molecule has 1 rings (SSSR count). The highest BCUT2D eigenvalue weighted by molar-refractivity contribution is 6.01. The minimum Gasteiger partial charge on any atom is -0.385 e. The van der Waals surface area contributed by atoms with Gasteiger partial charge in [0.1, 0.15) is 11.6 Å². The van der Waals surface area contributed by atoms with Gasteiger partial charge in [0.15, 0.2) is 5.78 Å². The maximum Gasteiger partial charge on any atom is 0.175 e. The second-order valence-electron chi connectivity index (χ2n) is 4.83. The van der Waals surface area contributed by atoms with Crippen molar-refractivity contribution in [2.45, 2.75) is 26.7 Å². The number of hydrogen-bond donors (Lipinski definition) is 1. The number of carbonyl (C=O) groups is 1. The molecule has 0 saturated carbocycles. The van der Waals surface area contributed by atoms with Crippen LogP contribution in [0.2, 0.25) is 0 Å². The van der Waals surface area contributed by atoms with E-state index in [0.717, 1.165) is 12.1 Å². The minimum atomic E-state index is -0.0627. The van der Waals surface area contributed by atoms with E-state index in [1.807, 2.05) is 19.9 Å².